The van der Waals surface area contributed by atoms with E-state index in [-0.39, 0.29) is 5.63 Å². The largest absolute Gasteiger partial charge is 0.403 e. The number of hydrogen-bond acceptors (Lipinski definition) is 3. The van der Waals surface area contributed by atoms with Crippen molar-refractivity contribution in [3.63, 3.8) is 0 Å². The van der Waals surface area contributed by atoms with Crippen LogP contribution in [-0.2, 0) is 0 Å². The highest BCUT2D eigenvalue weighted by Gasteiger charge is 2.07. The van der Waals surface area contributed by atoms with E-state index >= 15 is 0 Å². The highest BCUT2D eigenvalue weighted by molar-refractivity contribution is 9.10. The predicted octanol–water partition coefficient (Wildman–Crippen LogP) is 3.62. The van der Waals surface area contributed by atoms with Gasteiger partial charge in [-0.15, -0.1) is 0 Å². The van der Waals surface area contributed by atoms with E-state index in [0.717, 1.165) is 10.0 Å². The SMILES string of the molecule is O=c1oc(-c2cccc(Br)c2)nc2ccccc12. The number of nitrogens with zero attached hydrogens (tertiary/aromatic N) is 1. The van der Waals surface area contributed by atoms with Gasteiger partial charge in [-0.05, 0) is 30.3 Å². The van der Waals surface area contributed by atoms with Gasteiger partial charge in [-0.1, -0.05) is 34.1 Å². The molecule has 3 aromatic rings. The first-order valence-corrected chi connectivity index (χ1v) is 6.19. The molecule has 4 heteroatoms. The van der Waals surface area contributed by atoms with Gasteiger partial charge in [0.1, 0.15) is 0 Å². The fourth-order valence-electron chi connectivity index (χ4n) is 1.76. The monoisotopic (exact) mass is 301 g/mol. The summed E-state index contributed by atoms with van der Waals surface area (Å²) in [5.41, 5.74) is 1.05. The van der Waals surface area contributed by atoms with Gasteiger partial charge in [-0.25, -0.2) is 9.78 Å². The van der Waals surface area contributed by atoms with Gasteiger partial charge in [0.2, 0.25) is 5.89 Å². The molecule has 18 heavy (non-hydrogen) atoms. The molecule has 0 saturated carbocycles. The molecule has 0 fully saturated rings. The number of benzene rings is 2. The van der Waals surface area contributed by atoms with E-state index in [4.69, 9.17) is 4.42 Å². The van der Waals surface area contributed by atoms with Crippen LogP contribution in [0.1, 0.15) is 0 Å². The van der Waals surface area contributed by atoms with Crippen LogP contribution in [0.25, 0.3) is 22.4 Å². The van der Waals surface area contributed by atoms with Crippen molar-refractivity contribution < 1.29 is 4.42 Å². The third kappa shape index (κ3) is 1.95. The Morgan fingerprint density at radius 3 is 2.72 bits per heavy atom. The zero-order valence-corrected chi connectivity index (χ0v) is 10.8. The van der Waals surface area contributed by atoms with Crippen LogP contribution in [0.2, 0.25) is 0 Å². The van der Waals surface area contributed by atoms with Gasteiger partial charge >= 0.3 is 5.63 Å². The summed E-state index contributed by atoms with van der Waals surface area (Å²) in [7, 11) is 0. The summed E-state index contributed by atoms with van der Waals surface area (Å²) in [6.07, 6.45) is 0. The number of hydrogen-bond donors (Lipinski definition) is 0. The molecule has 0 N–H and O–H groups in total. The number of para-hydroxylation sites is 1. The van der Waals surface area contributed by atoms with Crippen LogP contribution in [0.5, 0.6) is 0 Å². The molecule has 0 aliphatic carbocycles. The summed E-state index contributed by atoms with van der Waals surface area (Å²) in [6.45, 7) is 0. The van der Waals surface area contributed by atoms with Crippen LogP contribution in [0, 0.1) is 0 Å². The van der Waals surface area contributed by atoms with E-state index in [1.807, 2.05) is 30.3 Å². The van der Waals surface area contributed by atoms with Crippen molar-refractivity contribution in [1.29, 1.82) is 0 Å². The Bertz CT molecular complexity index is 780. The normalized spacial score (nSPS) is 10.7. The molecule has 3 nitrogen and oxygen atoms in total. The second kappa shape index (κ2) is 4.38. The van der Waals surface area contributed by atoms with Crippen LogP contribution in [0.3, 0.4) is 0 Å². The van der Waals surface area contributed by atoms with Gasteiger partial charge < -0.3 is 4.42 Å². The topological polar surface area (TPSA) is 43.1 Å². The minimum absolute atomic E-state index is 0.333. The maximum Gasteiger partial charge on any atom is 0.347 e. The zero-order valence-electron chi connectivity index (χ0n) is 9.26. The maximum atomic E-state index is 11.8. The molecule has 3 rings (SSSR count). The third-order valence-corrected chi connectivity index (χ3v) is 3.10. The van der Waals surface area contributed by atoms with Gasteiger partial charge in [0.15, 0.2) is 0 Å². The van der Waals surface area contributed by atoms with E-state index in [1.165, 1.54) is 0 Å². The van der Waals surface area contributed by atoms with Crippen LogP contribution in [0.4, 0.5) is 0 Å². The molecule has 0 amide bonds. The molecule has 0 atom stereocenters. The standard InChI is InChI=1S/C14H8BrNO2/c15-10-5-3-4-9(8-10)13-16-12-7-2-1-6-11(12)14(17)18-13/h1-8H. The van der Waals surface area contributed by atoms with E-state index in [0.29, 0.717) is 16.8 Å². The van der Waals surface area contributed by atoms with Crippen molar-refractivity contribution in [3.05, 3.63) is 63.4 Å². The van der Waals surface area contributed by atoms with Gasteiger partial charge in [-0.3, -0.25) is 0 Å². The molecular formula is C14H8BrNO2. The molecule has 2 aromatic carbocycles. The first-order chi connectivity index (χ1) is 8.74. The molecule has 1 heterocycles. The van der Waals surface area contributed by atoms with Crippen molar-refractivity contribution in [2.45, 2.75) is 0 Å². The van der Waals surface area contributed by atoms with Gasteiger partial charge in [0, 0.05) is 10.0 Å². The molecular weight excluding hydrogens is 294 g/mol. The molecule has 88 valence electrons. The lowest BCUT2D eigenvalue weighted by atomic mass is 10.2. The Balaban J connectivity index is 2.28. The second-order valence-corrected chi connectivity index (χ2v) is 4.75. The Kier molecular flexibility index (Phi) is 2.72. The number of rotatable bonds is 1. The Morgan fingerprint density at radius 2 is 1.89 bits per heavy atom. The average Bonchev–Trinajstić information content (AvgIpc) is 2.39. The van der Waals surface area contributed by atoms with Crippen molar-refractivity contribution in [3.8, 4) is 11.5 Å². The molecule has 0 bridgehead atoms. The summed E-state index contributed by atoms with van der Waals surface area (Å²) in [4.78, 5) is 16.2. The summed E-state index contributed by atoms with van der Waals surface area (Å²) >= 11 is 3.38. The number of fused-ring (bicyclic) bond motifs is 1. The Labute approximate surface area is 111 Å². The molecule has 0 unspecified atom stereocenters. The van der Waals surface area contributed by atoms with Crippen LogP contribution < -0.4 is 5.63 Å². The van der Waals surface area contributed by atoms with E-state index in [2.05, 4.69) is 20.9 Å². The van der Waals surface area contributed by atoms with Gasteiger partial charge in [0.25, 0.3) is 0 Å². The lowest BCUT2D eigenvalue weighted by molar-refractivity contribution is 0.518. The van der Waals surface area contributed by atoms with Crippen molar-refractivity contribution in [1.82, 2.24) is 4.98 Å². The molecule has 1 aromatic heterocycles. The molecule has 0 radical (unpaired) electrons. The number of halogens is 1. The van der Waals surface area contributed by atoms with Crippen LogP contribution >= 0.6 is 15.9 Å². The van der Waals surface area contributed by atoms with Gasteiger partial charge in [0.05, 0.1) is 10.9 Å². The van der Waals surface area contributed by atoms with Crippen molar-refractivity contribution in [2.75, 3.05) is 0 Å². The number of aromatic nitrogens is 1. The predicted molar refractivity (Wildman–Crippen MR) is 73.4 cm³/mol. The molecule has 0 aliphatic heterocycles. The average molecular weight is 302 g/mol. The highest BCUT2D eigenvalue weighted by Crippen LogP contribution is 2.21. The summed E-state index contributed by atoms with van der Waals surface area (Å²) < 4.78 is 6.16. The second-order valence-electron chi connectivity index (χ2n) is 3.83. The maximum absolute atomic E-state index is 11.8. The Hall–Kier alpha value is -1.94. The zero-order chi connectivity index (χ0) is 12.5. The minimum Gasteiger partial charge on any atom is -0.403 e. The minimum atomic E-state index is -0.365. The molecule has 0 saturated heterocycles. The highest BCUT2D eigenvalue weighted by atomic mass is 79.9. The first-order valence-electron chi connectivity index (χ1n) is 5.40. The lowest BCUT2D eigenvalue weighted by Crippen LogP contribution is -2.02. The van der Waals surface area contributed by atoms with E-state index in [9.17, 15) is 4.79 Å². The smallest absolute Gasteiger partial charge is 0.347 e. The fraction of sp³-hybridized carbons (Fsp3) is 0. The fourth-order valence-corrected chi connectivity index (χ4v) is 2.16. The molecule has 0 aliphatic rings. The van der Waals surface area contributed by atoms with Crippen molar-refractivity contribution >= 4 is 26.8 Å². The lowest BCUT2D eigenvalue weighted by Gasteiger charge is -2.01. The third-order valence-electron chi connectivity index (χ3n) is 2.61. The van der Waals surface area contributed by atoms with Crippen LogP contribution in [-0.4, -0.2) is 4.98 Å². The first kappa shape index (κ1) is 11.2. The van der Waals surface area contributed by atoms with E-state index < -0.39 is 0 Å². The summed E-state index contributed by atoms with van der Waals surface area (Å²) in [5.74, 6) is 0.333. The van der Waals surface area contributed by atoms with Crippen molar-refractivity contribution in [2.24, 2.45) is 0 Å². The molecule has 0 spiro atoms. The summed E-state index contributed by atoms with van der Waals surface area (Å²) in [5, 5.41) is 0.497. The van der Waals surface area contributed by atoms with Crippen LogP contribution in [0.15, 0.2) is 62.2 Å². The summed E-state index contributed by atoms with van der Waals surface area (Å²) in [6, 6.07) is 14.6. The van der Waals surface area contributed by atoms with E-state index in [1.54, 1.807) is 18.2 Å². The van der Waals surface area contributed by atoms with Gasteiger partial charge in [-0.2, -0.15) is 0 Å². The quantitative estimate of drug-likeness (QED) is 0.689. The Morgan fingerprint density at radius 1 is 1.06 bits per heavy atom.